The third-order valence-electron chi connectivity index (χ3n) is 4.65. The molecule has 0 radical (unpaired) electrons. The maximum Gasteiger partial charge on any atom is 0.251 e. The van der Waals surface area contributed by atoms with Crippen LogP contribution in [0.15, 0.2) is 72.8 Å². The second-order valence-corrected chi connectivity index (χ2v) is 7.15. The van der Waals surface area contributed by atoms with Gasteiger partial charge in [-0.25, -0.2) is 4.98 Å². The largest absolute Gasteiger partial charge is 0.348 e. The zero-order valence-electron chi connectivity index (χ0n) is 15.3. The topological polar surface area (TPSA) is 57.8 Å². The van der Waals surface area contributed by atoms with Crippen molar-refractivity contribution in [1.82, 2.24) is 15.3 Å². The number of H-pyrrole nitrogens is 1. The Morgan fingerprint density at radius 3 is 2.54 bits per heavy atom. The molecule has 140 valence electrons. The van der Waals surface area contributed by atoms with E-state index in [1.807, 2.05) is 72.8 Å². The van der Waals surface area contributed by atoms with Gasteiger partial charge in [-0.15, -0.1) is 0 Å². The molecule has 1 amide bonds. The number of hydrogen-bond acceptors (Lipinski definition) is 2. The van der Waals surface area contributed by atoms with Gasteiger partial charge in [0.25, 0.3) is 5.91 Å². The molecule has 0 fully saturated rings. The zero-order chi connectivity index (χ0) is 19.3. The number of amides is 1. The van der Waals surface area contributed by atoms with E-state index < -0.39 is 0 Å². The van der Waals surface area contributed by atoms with Gasteiger partial charge in [-0.3, -0.25) is 4.79 Å². The zero-order valence-corrected chi connectivity index (χ0v) is 16.0. The molecule has 0 aliphatic rings. The number of nitrogens with zero attached hydrogens (tertiary/aromatic N) is 1. The third-order valence-corrected chi connectivity index (χ3v) is 4.88. The third kappa shape index (κ3) is 4.41. The molecule has 0 saturated heterocycles. The Balaban J connectivity index is 1.33. The highest BCUT2D eigenvalue weighted by atomic mass is 35.5. The monoisotopic (exact) mass is 389 g/mol. The lowest BCUT2D eigenvalue weighted by Gasteiger charge is -2.07. The van der Waals surface area contributed by atoms with E-state index in [4.69, 9.17) is 11.6 Å². The first kappa shape index (κ1) is 18.3. The van der Waals surface area contributed by atoms with E-state index in [9.17, 15) is 4.79 Å². The van der Waals surface area contributed by atoms with E-state index in [1.165, 1.54) is 5.56 Å². The lowest BCUT2D eigenvalue weighted by molar-refractivity contribution is 0.0951. The van der Waals surface area contributed by atoms with Crippen LogP contribution in [0.5, 0.6) is 0 Å². The molecule has 0 saturated carbocycles. The predicted molar refractivity (Wildman–Crippen MR) is 113 cm³/mol. The summed E-state index contributed by atoms with van der Waals surface area (Å²) in [5, 5.41) is 3.59. The first-order valence-electron chi connectivity index (χ1n) is 9.22. The van der Waals surface area contributed by atoms with Gasteiger partial charge in [-0.2, -0.15) is 0 Å². The van der Waals surface area contributed by atoms with E-state index in [0.29, 0.717) is 17.1 Å². The standard InChI is InChI=1S/C23H20ClN3O/c24-19-5-3-4-17(14-19)15-25-23(28)18-11-8-16(9-12-18)10-13-22-26-20-6-1-2-7-21(20)27-22/h1-9,11-12,14H,10,13,15H2,(H,25,28)(H,26,27). The molecule has 0 aliphatic carbocycles. The van der Waals surface area contributed by atoms with Crippen LogP contribution in [0.1, 0.15) is 27.3 Å². The summed E-state index contributed by atoms with van der Waals surface area (Å²) in [6.45, 7) is 0.452. The minimum Gasteiger partial charge on any atom is -0.348 e. The molecule has 1 heterocycles. The number of para-hydroxylation sites is 2. The Labute approximate surface area is 168 Å². The lowest BCUT2D eigenvalue weighted by Crippen LogP contribution is -2.22. The Morgan fingerprint density at radius 1 is 0.929 bits per heavy atom. The van der Waals surface area contributed by atoms with Gasteiger partial charge in [-0.1, -0.05) is 48.0 Å². The van der Waals surface area contributed by atoms with Crippen molar-refractivity contribution in [3.05, 3.63) is 100 Å². The Kier molecular flexibility index (Phi) is 5.40. The summed E-state index contributed by atoms with van der Waals surface area (Å²) < 4.78 is 0. The first-order chi connectivity index (χ1) is 13.7. The number of rotatable bonds is 6. The highest BCUT2D eigenvalue weighted by Gasteiger charge is 2.07. The summed E-state index contributed by atoms with van der Waals surface area (Å²) in [5.74, 6) is 0.883. The number of carbonyl (C=O) groups excluding carboxylic acids is 1. The smallest absolute Gasteiger partial charge is 0.251 e. The van der Waals surface area contributed by atoms with Gasteiger partial charge in [0.05, 0.1) is 11.0 Å². The lowest BCUT2D eigenvalue weighted by atomic mass is 10.1. The minimum absolute atomic E-state index is 0.0937. The van der Waals surface area contributed by atoms with Crippen molar-refractivity contribution in [2.75, 3.05) is 0 Å². The molecule has 4 rings (SSSR count). The molecule has 4 nitrogen and oxygen atoms in total. The number of imidazole rings is 1. The van der Waals surface area contributed by atoms with Crippen molar-refractivity contribution in [2.24, 2.45) is 0 Å². The van der Waals surface area contributed by atoms with Crippen LogP contribution in [0.25, 0.3) is 11.0 Å². The van der Waals surface area contributed by atoms with Gasteiger partial charge >= 0.3 is 0 Å². The Hall–Kier alpha value is -3.11. The molecule has 1 aromatic heterocycles. The summed E-state index contributed by atoms with van der Waals surface area (Å²) in [4.78, 5) is 20.3. The van der Waals surface area contributed by atoms with Crippen LogP contribution in [0.3, 0.4) is 0 Å². The number of carbonyl (C=O) groups is 1. The molecule has 4 aromatic rings. The van der Waals surface area contributed by atoms with E-state index in [0.717, 1.165) is 35.3 Å². The second kappa shape index (κ2) is 8.28. The first-order valence-corrected chi connectivity index (χ1v) is 9.60. The average Bonchev–Trinajstić information content (AvgIpc) is 3.14. The quantitative estimate of drug-likeness (QED) is 0.491. The van der Waals surface area contributed by atoms with E-state index in [-0.39, 0.29) is 5.91 Å². The van der Waals surface area contributed by atoms with Crippen molar-refractivity contribution in [1.29, 1.82) is 0 Å². The molecule has 5 heteroatoms. The molecule has 0 unspecified atom stereocenters. The van der Waals surface area contributed by atoms with Crippen molar-refractivity contribution in [3.63, 3.8) is 0 Å². The molecule has 3 aromatic carbocycles. The molecular formula is C23H20ClN3O. The fourth-order valence-corrected chi connectivity index (χ4v) is 3.35. The van der Waals surface area contributed by atoms with Crippen molar-refractivity contribution >= 4 is 28.5 Å². The number of aromatic amines is 1. The fourth-order valence-electron chi connectivity index (χ4n) is 3.14. The van der Waals surface area contributed by atoms with E-state index in [1.54, 1.807) is 0 Å². The number of nitrogens with one attached hydrogen (secondary N) is 2. The SMILES string of the molecule is O=C(NCc1cccc(Cl)c1)c1ccc(CCc2nc3ccccc3[nH]2)cc1. The van der Waals surface area contributed by atoms with Gasteiger partial charge in [0, 0.05) is 23.6 Å². The molecule has 28 heavy (non-hydrogen) atoms. The molecule has 0 bridgehead atoms. The highest BCUT2D eigenvalue weighted by Crippen LogP contribution is 2.14. The Bertz CT molecular complexity index is 1070. The van der Waals surface area contributed by atoms with Crippen LogP contribution in [0, 0.1) is 0 Å². The number of hydrogen-bond donors (Lipinski definition) is 2. The molecular weight excluding hydrogens is 370 g/mol. The van der Waals surface area contributed by atoms with Gasteiger partial charge in [0.15, 0.2) is 0 Å². The molecule has 2 N–H and O–H groups in total. The molecule has 0 atom stereocenters. The number of halogens is 1. The maximum absolute atomic E-state index is 12.3. The van der Waals surface area contributed by atoms with Crippen LogP contribution in [-0.4, -0.2) is 15.9 Å². The summed E-state index contributed by atoms with van der Waals surface area (Å²) in [7, 11) is 0. The second-order valence-electron chi connectivity index (χ2n) is 6.71. The van der Waals surface area contributed by atoms with Crippen LogP contribution >= 0.6 is 11.6 Å². The van der Waals surface area contributed by atoms with E-state index >= 15 is 0 Å². The number of benzene rings is 3. The maximum atomic E-state index is 12.3. The number of aryl methyl sites for hydroxylation is 2. The summed E-state index contributed by atoms with van der Waals surface area (Å²) >= 11 is 5.97. The van der Waals surface area contributed by atoms with E-state index in [2.05, 4.69) is 15.3 Å². The summed E-state index contributed by atoms with van der Waals surface area (Å²) in [6.07, 6.45) is 1.69. The van der Waals surface area contributed by atoms with Gasteiger partial charge < -0.3 is 10.3 Å². The predicted octanol–water partition coefficient (Wildman–Crippen LogP) is 4.93. The highest BCUT2D eigenvalue weighted by molar-refractivity contribution is 6.30. The number of aromatic nitrogens is 2. The van der Waals surface area contributed by atoms with Crippen molar-refractivity contribution < 1.29 is 4.79 Å². The minimum atomic E-state index is -0.0937. The van der Waals surface area contributed by atoms with Gasteiger partial charge in [-0.05, 0) is 53.9 Å². The molecule has 0 aliphatic heterocycles. The van der Waals surface area contributed by atoms with Crippen LogP contribution in [0.2, 0.25) is 5.02 Å². The molecule has 0 spiro atoms. The average molecular weight is 390 g/mol. The van der Waals surface area contributed by atoms with Crippen LogP contribution < -0.4 is 5.32 Å². The van der Waals surface area contributed by atoms with Crippen molar-refractivity contribution in [3.8, 4) is 0 Å². The normalized spacial score (nSPS) is 10.9. The van der Waals surface area contributed by atoms with Crippen molar-refractivity contribution in [2.45, 2.75) is 19.4 Å². The number of fused-ring (bicyclic) bond motifs is 1. The fraction of sp³-hybridized carbons (Fsp3) is 0.130. The summed E-state index contributed by atoms with van der Waals surface area (Å²) in [6, 6.07) is 23.2. The van der Waals surface area contributed by atoms with Gasteiger partial charge in [0.1, 0.15) is 5.82 Å². The Morgan fingerprint density at radius 2 is 1.75 bits per heavy atom. The summed E-state index contributed by atoms with van der Waals surface area (Å²) in [5.41, 5.74) is 4.85. The van der Waals surface area contributed by atoms with Gasteiger partial charge in [0.2, 0.25) is 0 Å². The van der Waals surface area contributed by atoms with Crippen LogP contribution in [-0.2, 0) is 19.4 Å². The van der Waals surface area contributed by atoms with Crippen LogP contribution in [0.4, 0.5) is 0 Å².